The van der Waals surface area contributed by atoms with E-state index in [0.29, 0.717) is 24.6 Å². The van der Waals surface area contributed by atoms with Crippen molar-refractivity contribution in [3.63, 3.8) is 0 Å². The molecule has 2 aromatic carbocycles. The minimum Gasteiger partial charge on any atom is -0.309 e. The van der Waals surface area contributed by atoms with Gasteiger partial charge in [-0.1, -0.05) is 58.8 Å². The Morgan fingerprint density at radius 2 is 1.91 bits per heavy atom. The smallest absolute Gasteiger partial charge is 0.255 e. The van der Waals surface area contributed by atoms with Crippen molar-refractivity contribution in [2.75, 3.05) is 13.1 Å². The zero-order chi connectivity index (χ0) is 22.7. The van der Waals surface area contributed by atoms with Crippen LogP contribution in [-0.2, 0) is 17.9 Å². The Bertz CT molecular complexity index is 1110. The van der Waals surface area contributed by atoms with Gasteiger partial charge in [0.1, 0.15) is 0 Å². The number of allylic oxidation sites excluding steroid dienone is 2. The molecule has 0 bridgehead atoms. The third-order valence-electron chi connectivity index (χ3n) is 6.47. The van der Waals surface area contributed by atoms with Crippen LogP contribution in [0, 0.1) is 17.2 Å². The van der Waals surface area contributed by atoms with Gasteiger partial charge in [0, 0.05) is 35.4 Å². The van der Waals surface area contributed by atoms with Crippen LogP contribution in [0.1, 0.15) is 43.4 Å². The van der Waals surface area contributed by atoms with E-state index in [2.05, 4.69) is 58.1 Å². The van der Waals surface area contributed by atoms with E-state index >= 15 is 0 Å². The first-order valence-electron chi connectivity index (χ1n) is 11.1. The maximum Gasteiger partial charge on any atom is 0.255 e. The summed E-state index contributed by atoms with van der Waals surface area (Å²) in [7, 11) is 0. The highest BCUT2D eigenvalue weighted by molar-refractivity contribution is 9.10. The maximum atomic E-state index is 13.8. The first kappa shape index (κ1) is 22.5. The largest absolute Gasteiger partial charge is 0.309 e. The summed E-state index contributed by atoms with van der Waals surface area (Å²) in [5.41, 5.74) is 6.19. The fourth-order valence-corrected chi connectivity index (χ4v) is 4.87. The van der Waals surface area contributed by atoms with Gasteiger partial charge >= 0.3 is 0 Å². The molecular weight excluding hydrogens is 462 g/mol. The predicted octanol–water partition coefficient (Wildman–Crippen LogP) is 5.80. The van der Waals surface area contributed by atoms with Crippen LogP contribution in [0.4, 0.5) is 0 Å². The van der Waals surface area contributed by atoms with E-state index in [4.69, 9.17) is 0 Å². The minimum absolute atomic E-state index is 0.124. The quantitative estimate of drug-likeness (QED) is 0.545. The fourth-order valence-electron chi connectivity index (χ4n) is 4.61. The van der Waals surface area contributed by atoms with Crippen molar-refractivity contribution in [2.24, 2.45) is 5.92 Å². The summed E-state index contributed by atoms with van der Waals surface area (Å²) in [6.45, 7) is 7.19. The number of carbonyl (C=O) groups excluding carboxylic acids is 1. The van der Waals surface area contributed by atoms with E-state index in [1.807, 2.05) is 42.2 Å². The molecule has 0 N–H and O–H groups in total. The molecule has 2 aromatic rings. The lowest BCUT2D eigenvalue weighted by atomic mass is 9.85. The Balaban J connectivity index is 1.58. The van der Waals surface area contributed by atoms with Gasteiger partial charge in [0.25, 0.3) is 5.91 Å². The summed E-state index contributed by atoms with van der Waals surface area (Å²) in [6, 6.07) is 18.2. The number of rotatable bonds is 4. The topological polar surface area (TPSA) is 47.3 Å². The lowest BCUT2D eigenvalue weighted by molar-refractivity contribution is -0.126. The molecule has 2 heterocycles. The molecule has 2 aliphatic rings. The molecule has 5 heteroatoms. The van der Waals surface area contributed by atoms with Crippen LogP contribution in [0.3, 0.4) is 0 Å². The molecule has 1 unspecified atom stereocenters. The van der Waals surface area contributed by atoms with Crippen molar-refractivity contribution in [1.29, 1.82) is 5.26 Å². The molecule has 0 radical (unpaired) electrons. The van der Waals surface area contributed by atoms with Crippen molar-refractivity contribution < 1.29 is 4.79 Å². The number of hydrogen-bond donors (Lipinski definition) is 0. The van der Waals surface area contributed by atoms with E-state index in [1.165, 1.54) is 5.57 Å². The van der Waals surface area contributed by atoms with Crippen LogP contribution in [0.2, 0.25) is 0 Å². The highest BCUT2D eigenvalue weighted by atomic mass is 79.9. The number of hydrogen-bond acceptors (Lipinski definition) is 3. The normalized spacial score (nSPS) is 21.3. The van der Waals surface area contributed by atoms with Gasteiger partial charge in [-0.25, -0.2) is 0 Å². The summed E-state index contributed by atoms with van der Waals surface area (Å²) in [5, 5.41) is 9.21. The second kappa shape index (κ2) is 9.85. The molecule has 0 fully saturated rings. The van der Waals surface area contributed by atoms with Gasteiger partial charge in [0.15, 0.2) is 0 Å². The monoisotopic (exact) mass is 489 g/mol. The van der Waals surface area contributed by atoms with E-state index in [9.17, 15) is 10.1 Å². The second-order valence-corrected chi connectivity index (χ2v) is 9.69. The standard InChI is InChI=1S/C27H28BrN3O/c1-19-6-7-20(2)31(17-21-8-10-24(28)11-9-21)27(32)26-18-30(13-12-25(19)26)16-23-5-3-4-22(14-23)15-29/h3-5,7-11,14,19H,6,12-13,16-18H2,1-2H3/b20-7+. The average molecular weight is 490 g/mol. The van der Waals surface area contributed by atoms with Crippen molar-refractivity contribution in [3.8, 4) is 6.07 Å². The SMILES string of the molecule is C/C1=C\CC(C)C2=C(CN(Cc3cccc(C#N)c3)CC2)C(=O)N1Cc1ccc(Br)cc1. The predicted molar refractivity (Wildman–Crippen MR) is 130 cm³/mol. The summed E-state index contributed by atoms with van der Waals surface area (Å²) in [4.78, 5) is 18.1. The van der Waals surface area contributed by atoms with Gasteiger partial charge in [0.05, 0.1) is 18.2 Å². The van der Waals surface area contributed by atoms with Crippen molar-refractivity contribution in [2.45, 2.75) is 39.8 Å². The molecule has 0 saturated heterocycles. The molecule has 1 atom stereocenters. The first-order valence-corrected chi connectivity index (χ1v) is 11.9. The van der Waals surface area contributed by atoms with Crippen molar-refractivity contribution in [3.05, 3.63) is 92.6 Å². The minimum atomic E-state index is 0.124. The Morgan fingerprint density at radius 3 is 2.66 bits per heavy atom. The number of amides is 1. The van der Waals surface area contributed by atoms with Crippen molar-refractivity contribution in [1.82, 2.24) is 9.80 Å². The van der Waals surface area contributed by atoms with E-state index in [-0.39, 0.29) is 5.91 Å². The fraction of sp³-hybridized carbons (Fsp3) is 0.333. The lowest BCUT2D eigenvalue weighted by Crippen LogP contribution is -2.40. The number of carbonyl (C=O) groups is 1. The summed E-state index contributed by atoms with van der Waals surface area (Å²) in [5.74, 6) is 0.501. The number of nitriles is 1. The molecule has 2 aliphatic heterocycles. The molecule has 164 valence electrons. The Kier molecular flexibility index (Phi) is 6.93. The zero-order valence-electron chi connectivity index (χ0n) is 18.6. The summed E-state index contributed by atoms with van der Waals surface area (Å²) < 4.78 is 1.04. The molecular formula is C27H28BrN3O. The summed E-state index contributed by atoms with van der Waals surface area (Å²) >= 11 is 3.49. The number of nitrogens with zero attached hydrogens (tertiary/aromatic N) is 3. The van der Waals surface area contributed by atoms with Crippen LogP contribution in [0.5, 0.6) is 0 Å². The third kappa shape index (κ3) is 5.03. The highest BCUT2D eigenvalue weighted by Gasteiger charge is 2.31. The van der Waals surface area contributed by atoms with Crippen molar-refractivity contribution >= 4 is 21.8 Å². The second-order valence-electron chi connectivity index (χ2n) is 8.78. The number of benzene rings is 2. The molecule has 4 nitrogen and oxygen atoms in total. The molecule has 4 rings (SSSR count). The van der Waals surface area contributed by atoms with Gasteiger partial charge in [-0.15, -0.1) is 0 Å². The van der Waals surface area contributed by atoms with Crippen LogP contribution in [0.25, 0.3) is 0 Å². The Labute approximate surface area is 199 Å². The Morgan fingerprint density at radius 1 is 1.12 bits per heavy atom. The molecule has 0 aliphatic carbocycles. The first-order chi connectivity index (χ1) is 15.4. The van der Waals surface area contributed by atoms with Gasteiger partial charge in [-0.2, -0.15) is 5.26 Å². The van der Waals surface area contributed by atoms with E-state index in [0.717, 1.165) is 52.8 Å². The Hall–Kier alpha value is -2.68. The van der Waals surface area contributed by atoms with Crippen LogP contribution >= 0.6 is 15.9 Å². The van der Waals surface area contributed by atoms with Gasteiger partial charge in [-0.3, -0.25) is 9.69 Å². The molecule has 0 spiro atoms. The van der Waals surface area contributed by atoms with Gasteiger partial charge in [-0.05, 0) is 61.1 Å². The third-order valence-corrected chi connectivity index (χ3v) is 7.00. The van der Waals surface area contributed by atoms with Crippen LogP contribution in [-0.4, -0.2) is 28.8 Å². The maximum absolute atomic E-state index is 13.8. The van der Waals surface area contributed by atoms with Gasteiger partial charge < -0.3 is 4.90 Å². The van der Waals surface area contributed by atoms with E-state index in [1.54, 1.807) is 0 Å². The molecule has 0 saturated carbocycles. The average Bonchev–Trinajstić information content (AvgIpc) is 2.81. The number of halogens is 1. The lowest BCUT2D eigenvalue weighted by Gasteiger charge is -2.36. The highest BCUT2D eigenvalue weighted by Crippen LogP contribution is 2.33. The van der Waals surface area contributed by atoms with Crippen LogP contribution < -0.4 is 0 Å². The van der Waals surface area contributed by atoms with E-state index < -0.39 is 0 Å². The van der Waals surface area contributed by atoms with Gasteiger partial charge in [0.2, 0.25) is 0 Å². The molecule has 0 aromatic heterocycles. The molecule has 32 heavy (non-hydrogen) atoms. The zero-order valence-corrected chi connectivity index (χ0v) is 20.2. The van der Waals surface area contributed by atoms with Crippen LogP contribution in [0.15, 0.2) is 75.9 Å². The summed E-state index contributed by atoms with van der Waals surface area (Å²) in [6.07, 6.45) is 4.09. The molecule has 1 amide bonds.